The molecular weight excluding hydrogens is 268 g/mol. The second kappa shape index (κ2) is 6.60. The first-order valence-electron chi connectivity index (χ1n) is 5.95. The van der Waals surface area contributed by atoms with E-state index in [1.165, 1.54) is 0 Å². The Morgan fingerprint density at radius 1 is 0.706 bits per heavy atom. The lowest BCUT2D eigenvalue weighted by atomic mass is 10.9. The van der Waals surface area contributed by atoms with Crippen LogP contribution < -0.4 is 0 Å². The Morgan fingerprint density at radius 2 is 1.12 bits per heavy atom. The second-order valence-electron chi connectivity index (χ2n) is 5.77. The minimum absolute atomic E-state index is 0.834. The summed E-state index contributed by atoms with van der Waals surface area (Å²) in [6, 6.07) is 1.85. The quantitative estimate of drug-likeness (QED) is 0.645. The fraction of sp³-hybridized carbons (Fsp3) is 1.00. The Bertz CT molecular complexity index is 216. The van der Waals surface area contributed by atoms with E-state index in [2.05, 4.69) is 32.7 Å². The van der Waals surface area contributed by atoms with E-state index in [1.807, 2.05) is 0 Å². The van der Waals surface area contributed by atoms with Crippen LogP contribution in [0.4, 0.5) is 0 Å². The van der Waals surface area contributed by atoms with Gasteiger partial charge in [0.15, 0.2) is 16.6 Å². The molecule has 0 heterocycles. The molecule has 0 unspecified atom stereocenters. The minimum Gasteiger partial charge on any atom is -0.456 e. The van der Waals surface area contributed by atoms with Crippen LogP contribution in [0.2, 0.25) is 44.8 Å². The van der Waals surface area contributed by atoms with Gasteiger partial charge in [0.25, 0.3) is 0 Å². The van der Waals surface area contributed by atoms with Gasteiger partial charge in [-0.15, -0.1) is 0 Å². The first-order chi connectivity index (χ1) is 7.60. The van der Waals surface area contributed by atoms with Crippen LogP contribution in [0.15, 0.2) is 0 Å². The lowest BCUT2D eigenvalue weighted by Crippen LogP contribution is -2.47. The minimum atomic E-state index is -2.43. The smallest absolute Gasteiger partial charge is 0.456 e. The highest BCUT2D eigenvalue weighted by atomic mass is 28.4. The van der Waals surface area contributed by atoms with Crippen molar-refractivity contribution in [3.8, 4) is 0 Å². The van der Waals surface area contributed by atoms with E-state index in [9.17, 15) is 0 Å². The molecular formula is C10H28O4Si3. The Morgan fingerprint density at radius 3 is 1.41 bits per heavy atom. The van der Waals surface area contributed by atoms with Gasteiger partial charge in [0.05, 0.1) is 0 Å². The molecule has 0 rings (SSSR count). The van der Waals surface area contributed by atoms with Gasteiger partial charge in [-0.2, -0.15) is 0 Å². The highest BCUT2D eigenvalue weighted by Gasteiger charge is 2.41. The molecule has 0 saturated carbocycles. The molecule has 0 spiro atoms. The third-order valence-corrected chi connectivity index (χ3v) is 11.9. The zero-order chi connectivity index (χ0) is 13.7. The SMILES string of the molecule is CO[Si](CC[Si](C)(C)O[Si](C)(C)C)(OC)OC. The Labute approximate surface area is 109 Å². The van der Waals surface area contributed by atoms with E-state index in [1.54, 1.807) is 21.3 Å². The normalized spacial score (nSPS) is 14.1. The van der Waals surface area contributed by atoms with Crippen LogP contribution in [0.3, 0.4) is 0 Å². The van der Waals surface area contributed by atoms with Crippen molar-refractivity contribution in [2.75, 3.05) is 21.3 Å². The first kappa shape index (κ1) is 17.5. The maximum atomic E-state index is 6.29. The highest BCUT2D eigenvalue weighted by Crippen LogP contribution is 2.25. The van der Waals surface area contributed by atoms with E-state index in [-0.39, 0.29) is 0 Å². The van der Waals surface area contributed by atoms with Gasteiger partial charge in [0.2, 0.25) is 0 Å². The highest BCUT2D eigenvalue weighted by molar-refractivity contribution is 6.84. The molecule has 0 fully saturated rings. The maximum absolute atomic E-state index is 6.29. The molecule has 0 aromatic carbocycles. The van der Waals surface area contributed by atoms with Crippen molar-refractivity contribution in [3.63, 3.8) is 0 Å². The standard InChI is InChI=1S/C10H28O4Si3/c1-11-17(12-2,13-3)10-9-16(7,8)14-15(4,5)6/h9-10H2,1-8H3. The van der Waals surface area contributed by atoms with E-state index >= 15 is 0 Å². The third-order valence-electron chi connectivity index (χ3n) is 2.55. The molecule has 0 bridgehead atoms. The molecule has 17 heavy (non-hydrogen) atoms. The van der Waals surface area contributed by atoms with Gasteiger partial charge in [-0.25, -0.2) is 0 Å². The van der Waals surface area contributed by atoms with E-state index < -0.39 is 25.4 Å². The molecule has 0 aliphatic carbocycles. The zero-order valence-electron chi connectivity index (χ0n) is 12.5. The summed E-state index contributed by atoms with van der Waals surface area (Å²) in [5, 5.41) is 0. The molecule has 0 atom stereocenters. The van der Waals surface area contributed by atoms with Crippen molar-refractivity contribution in [2.24, 2.45) is 0 Å². The average molecular weight is 297 g/mol. The summed E-state index contributed by atoms with van der Waals surface area (Å²) in [5.74, 6) is 0. The van der Waals surface area contributed by atoms with E-state index in [0.717, 1.165) is 12.1 Å². The third kappa shape index (κ3) is 6.85. The number of rotatable bonds is 8. The van der Waals surface area contributed by atoms with Crippen LogP contribution in [-0.2, 0) is 17.4 Å². The van der Waals surface area contributed by atoms with Gasteiger partial charge in [-0.1, -0.05) is 0 Å². The summed E-state index contributed by atoms with van der Waals surface area (Å²) in [4.78, 5) is 0. The largest absolute Gasteiger partial charge is 0.499 e. The number of hydrogen-bond donors (Lipinski definition) is 0. The predicted molar refractivity (Wildman–Crippen MR) is 78.3 cm³/mol. The fourth-order valence-corrected chi connectivity index (χ4v) is 13.7. The van der Waals surface area contributed by atoms with Gasteiger partial charge in [-0.3, -0.25) is 0 Å². The van der Waals surface area contributed by atoms with Crippen molar-refractivity contribution < 1.29 is 17.4 Å². The molecule has 104 valence electrons. The zero-order valence-corrected chi connectivity index (χ0v) is 15.5. The monoisotopic (exact) mass is 296 g/mol. The lowest BCUT2D eigenvalue weighted by molar-refractivity contribution is 0.125. The molecule has 0 N–H and O–H groups in total. The Kier molecular flexibility index (Phi) is 6.79. The van der Waals surface area contributed by atoms with Crippen molar-refractivity contribution in [3.05, 3.63) is 0 Å². The average Bonchev–Trinajstić information content (AvgIpc) is 2.17. The predicted octanol–water partition coefficient (Wildman–Crippen LogP) is 2.92. The van der Waals surface area contributed by atoms with Crippen LogP contribution in [0.25, 0.3) is 0 Å². The summed E-state index contributed by atoms with van der Waals surface area (Å²) in [6.45, 7) is 11.2. The van der Waals surface area contributed by atoms with Gasteiger partial charge < -0.3 is 17.4 Å². The van der Waals surface area contributed by atoms with Crippen LogP contribution in [0.5, 0.6) is 0 Å². The molecule has 4 nitrogen and oxygen atoms in total. The van der Waals surface area contributed by atoms with Crippen LogP contribution in [0.1, 0.15) is 0 Å². The van der Waals surface area contributed by atoms with Gasteiger partial charge in [-0.05, 0) is 38.8 Å². The van der Waals surface area contributed by atoms with Crippen LogP contribution in [0, 0.1) is 0 Å². The van der Waals surface area contributed by atoms with Crippen molar-refractivity contribution >= 4 is 25.4 Å². The van der Waals surface area contributed by atoms with Crippen molar-refractivity contribution in [1.82, 2.24) is 0 Å². The number of hydrogen-bond acceptors (Lipinski definition) is 4. The van der Waals surface area contributed by atoms with Crippen LogP contribution in [-0.4, -0.2) is 46.8 Å². The van der Waals surface area contributed by atoms with Crippen molar-refractivity contribution in [2.45, 2.75) is 44.8 Å². The summed E-state index contributed by atoms with van der Waals surface area (Å²) >= 11 is 0. The van der Waals surface area contributed by atoms with Gasteiger partial charge >= 0.3 is 8.80 Å². The van der Waals surface area contributed by atoms with E-state index in [0.29, 0.717) is 0 Å². The topological polar surface area (TPSA) is 36.9 Å². The Balaban J connectivity index is 4.43. The maximum Gasteiger partial charge on any atom is 0.499 e. The van der Waals surface area contributed by atoms with E-state index in [4.69, 9.17) is 17.4 Å². The van der Waals surface area contributed by atoms with Gasteiger partial charge in [0.1, 0.15) is 0 Å². The molecule has 0 radical (unpaired) electrons. The Hall–Kier alpha value is 0.491. The molecule has 0 aliphatic rings. The summed E-state index contributed by atoms with van der Waals surface area (Å²) in [7, 11) is -0.559. The second-order valence-corrected chi connectivity index (χ2v) is 17.9. The fourth-order valence-electron chi connectivity index (χ4n) is 1.89. The first-order valence-corrected chi connectivity index (χ1v) is 14.4. The molecule has 7 heteroatoms. The molecule has 0 aliphatic heterocycles. The summed E-state index contributed by atoms with van der Waals surface area (Å²) in [5.41, 5.74) is 0. The molecule has 0 amide bonds. The summed E-state index contributed by atoms with van der Waals surface area (Å²) in [6.07, 6.45) is 0. The molecule has 0 aromatic rings. The van der Waals surface area contributed by atoms with Gasteiger partial charge in [0, 0.05) is 27.4 Å². The van der Waals surface area contributed by atoms with Crippen LogP contribution >= 0.6 is 0 Å². The molecule has 0 saturated heterocycles. The molecule has 0 aromatic heterocycles. The lowest BCUT2D eigenvalue weighted by Gasteiger charge is -2.33. The van der Waals surface area contributed by atoms with Crippen molar-refractivity contribution in [1.29, 1.82) is 0 Å². The summed E-state index contributed by atoms with van der Waals surface area (Å²) < 4.78 is 22.6.